The van der Waals surface area contributed by atoms with Crippen molar-refractivity contribution in [1.29, 1.82) is 0 Å². The molecular formula is C10H18O4. The van der Waals surface area contributed by atoms with E-state index in [0.717, 1.165) is 0 Å². The van der Waals surface area contributed by atoms with E-state index in [-0.39, 0.29) is 12.2 Å². The lowest BCUT2D eigenvalue weighted by Gasteiger charge is -2.12. The van der Waals surface area contributed by atoms with E-state index in [1.54, 1.807) is 13.0 Å². The molecular weight excluding hydrogens is 184 g/mol. The molecule has 1 unspecified atom stereocenters. The second kappa shape index (κ2) is 7.53. The van der Waals surface area contributed by atoms with Crippen molar-refractivity contribution in [2.75, 3.05) is 13.7 Å². The minimum Gasteiger partial charge on any atom is -0.466 e. The Morgan fingerprint density at radius 1 is 1.50 bits per heavy atom. The van der Waals surface area contributed by atoms with E-state index >= 15 is 0 Å². The Labute approximate surface area is 84.2 Å². The Hall–Kier alpha value is -0.870. The molecule has 0 saturated carbocycles. The predicted octanol–water partition coefficient (Wildman–Crippen LogP) is 0.629. The average molecular weight is 202 g/mol. The molecule has 0 heterocycles. The van der Waals surface area contributed by atoms with Gasteiger partial charge < -0.3 is 14.9 Å². The molecule has 0 aliphatic heterocycles. The fraction of sp³-hybridized carbons (Fsp3) is 0.700. The van der Waals surface area contributed by atoms with Crippen LogP contribution >= 0.6 is 0 Å². The van der Waals surface area contributed by atoms with Crippen LogP contribution in [0.5, 0.6) is 0 Å². The third-order valence-electron chi connectivity index (χ3n) is 1.98. The largest absolute Gasteiger partial charge is 0.466 e. The van der Waals surface area contributed by atoms with Gasteiger partial charge in [-0.3, -0.25) is 0 Å². The molecule has 14 heavy (non-hydrogen) atoms. The lowest BCUT2D eigenvalue weighted by atomic mass is 10.0. The van der Waals surface area contributed by atoms with Gasteiger partial charge in [-0.2, -0.15) is 0 Å². The highest BCUT2D eigenvalue weighted by Gasteiger charge is 2.17. The van der Waals surface area contributed by atoms with Crippen LogP contribution in [-0.4, -0.2) is 36.0 Å². The Bertz CT molecular complexity index is 198. The Balaban J connectivity index is 4.06. The molecule has 4 nitrogen and oxygen atoms in total. The average Bonchev–Trinajstić information content (AvgIpc) is 2.19. The third-order valence-corrected chi connectivity index (χ3v) is 1.98. The molecule has 0 aromatic carbocycles. The summed E-state index contributed by atoms with van der Waals surface area (Å²) in [6.45, 7) is 1.79. The molecule has 0 amide bonds. The lowest BCUT2D eigenvalue weighted by molar-refractivity contribution is -0.137. The van der Waals surface area contributed by atoms with E-state index in [1.165, 1.54) is 7.11 Å². The fourth-order valence-corrected chi connectivity index (χ4v) is 1.17. The molecule has 0 saturated heterocycles. The molecule has 0 aliphatic carbocycles. The highest BCUT2D eigenvalue weighted by molar-refractivity contribution is 5.89. The third kappa shape index (κ3) is 4.39. The van der Waals surface area contributed by atoms with Crippen LogP contribution in [-0.2, 0) is 9.53 Å². The Morgan fingerprint density at radius 3 is 2.57 bits per heavy atom. The van der Waals surface area contributed by atoms with E-state index in [0.29, 0.717) is 19.3 Å². The molecule has 0 aromatic heterocycles. The number of rotatable bonds is 6. The summed E-state index contributed by atoms with van der Waals surface area (Å²) in [6.07, 6.45) is 2.55. The minimum absolute atomic E-state index is 0.107. The van der Waals surface area contributed by atoms with Gasteiger partial charge in [0.1, 0.15) is 0 Å². The van der Waals surface area contributed by atoms with Gasteiger partial charge in [0, 0.05) is 6.61 Å². The topological polar surface area (TPSA) is 66.8 Å². The van der Waals surface area contributed by atoms with Gasteiger partial charge in [0.2, 0.25) is 0 Å². The van der Waals surface area contributed by atoms with Crippen molar-refractivity contribution in [3.63, 3.8) is 0 Å². The van der Waals surface area contributed by atoms with Crippen LogP contribution in [0.15, 0.2) is 11.6 Å². The predicted molar refractivity (Wildman–Crippen MR) is 52.7 cm³/mol. The number of carbonyl (C=O) groups is 1. The van der Waals surface area contributed by atoms with Crippen LogP contribution < -0.4 is 0 Å². The highest BCUT2D eigenvalue weighted by Crippen LogP contribution is 2.11. The summed E-state index contributed by atoms with van der Waals surface area (Å²) < 4.78 is 4.51. The summed E-state index contributed by atoms with van der Waals surface area (Å²) in [7, 11) is 1.28. The molecule has 2 N–H and O–H groups in total. The molecule has 0 rings (SSSR count). The smallest absolute Gasteiger partial charge is 0.336 e. The van der Waals surface area contributed by atoms with Gasteiger partial charge in [0.25, 0.3) is 0 Å². The van der Waals surface area contributed by atoms with E-state index in [1.807, 2.05) is 0 Å². The zero-order chi connectivity index (χ0) is 11.0. The quantitative estimate of drug-likeness (QED) is 0.376. The second-order valence-electron chi connectivity index (χ2n) is 2.97. The number of allylic oxidation sites excluding steroid dienone is 1. The van der Waals surface area contributed by atoms with Gasteiger partial charge in [0.15, 0.2) is 0 Å². The van der Waals surface area contributed by atoms with Gasteiger partial charge >= 0.3 is 5.97 Å². The van der Waals surface area contributed by atoms with Crippen molar-refractivity contribution in [3.8, 4) is 0 Å². The van der Waals surface area contributed by atoms with Crippen molar-refractivity contribution in [2.45, 2.75) is 32.3 Å². The summed E-state index contributed by atoms with van der Waals surface area (Å²) in [5, 5.41) is 18.1. The molecule has 0 radical (unpaired) electrons. The molecule has 0 aliphatic rings. The summed E-state index contributed by atoms with van der Waals surface area (Å²) in [5.41, 5.74) is 0.283. The summed E-state index contributed by atoms with van der Waals surface area (Å²) in [6, 6.07) is 0. The molecule has 1 atom stereocenters. The van der Waals surface area contributed by atoms with Gasteiger partial charge in [-0.1, -0.05) is 6.08 Å². The number of esters is 1. The molecule has 0 spiro atoms. The van der Waals surface area contributed by atoms with Crippen molar-refractivity contribution in [1.82, 2.24) is 0 Å². The van der Waals surface area contributed by atoms with Gasteiger partial charge in [-0.25, -0.2) is 4.79 Å². The highest BCUT2D eigenvalue weighted by atomic mass is 16.5. The van der Waals surface area contributed by atoms with Crippen molar-refractivity contribution in [3.05, 3.63) is 11.6 Å². The van der Waals surface area contributed by atoms with Crippen molar-refractivity contribution in [2.24, 2.45) is 0 Å². The monoisotopic (exact) mass is 202 g/mol. The number of ether oxygens (including phenoxy) is 1. The van der Waals surface area contributed by atoms with E-state index in [4.69, 9.17) is 5.11 Å². The first-order valence-electron chi connectivity index (χ1n) is 4.70. The first-order valence-corrected chi connectivity index (χ1v) is 4.70. The maximum absolute atomic E-state index is 11.1. The number of hydrogen-bond donors (Lipinski definition) is 2. The first-order chi connectivity index (χ1) is 6.67. The Kier molecular flexibility index (Phi) is 7.06. The van der Waals surface area contributed by atoms with Crippen LogP contribution in [0.2, 0.25) is 0 Å². The van der Waals surface area contributed by atoms with E-state index in [2.05, 4.69) is 4.74 Å². The molecule has 4 heteroatoms. The number of aliphatic hydroxyl groups excluding tert-OH is 2. The number of hydrogen-bond acceptors (Lipinski definition) is 4. The fourth-order valence-electron chi connectivity index (χ4n) is 1.17. The lowest BCUT2D eigenvalue weighted by Crippen LogP contribution is -2.19. The number of methoxy groups -OCH3 is 1. The molecule has 0 fully saturated rings. The van der Waals surface area contributed by atoms with Gasteiger partial charge in [-0.05, 0) is 26.2 Å². The van der Waals surface area contributed by atoms with Crippen LogP contribution in [0, 0.1) is 0 Å². The zero-order valence-corrected chi connectivity index (χ0v) is 8.69. The standard InChI is InChI=1S/C10H18O4/c1-3-8(10(13)14-2)9(12)6-4-5-7-11/h3,9,11-12H,4-7H2,1-2H3. The maximum Gasteiger partial charge on any atom is 0.336 e. The van der Waals surface area contributed by atoms with Crippen LogP contribution in [0.3, 0.4) is 0 Å². The SMILES string of the molecule is CC=C(C(=O)OC)C(O)CCCCO. The van der Waals surface area contributed by atoms with Gasteiger partial charge in [0.05, 0.1) is 18.8 Å². The summed E-state index contributed by atoms with van der Waals surface area (Å²) in [4.78, 5) is 11.1. The van der Waals surface area contributed by atoms with E-state index < -0.39 is 12.1 Å². The normalized spacial score (nSPS) is 13.9. The number of unbranched alkanes of at least 4 members (excludes halogenated alkanes) is 1. The molecule has 0 aromatic rings. The zero-order valence-electron chi connectivity index (χ0n) is 8.69. The number of carbonyl (C=O) groups excluding carboxylic acids is 1. The Morgan fingerprint density at radius 2 is 2.14 bits per heavy atom. The van der Waals surface area contributed by atoms with E-state index in [9.17, 15) is 9.90 Å². The van der Waals surface area contributed by atoms with Crippen LogP contribution in [0.1, 0.15) is 26.2 Å². The first kappa shape index (κ1) is 13.1. The molecule has 82 valence electrons. The van der Waals surface area contributed by atoms with Crippen LogP contribution in [0.25, 0.3) is 0 Å². The summed E-state index contributed by atoms with van der Waals surface area (Å²) in [5.74, 6) is -0.496. The number of aliphatic hydroxyl groups is 2. The maximum atomic E-state index is 11.1. The summed E-state index contributed by atoms with van der Waals surface area (Å²) >= 11 is 0. The van der Waals surface area contributed by atoms with Gasteiger partial charge in [-0.15, -0.1) is 0 Å². The van der Waals surface area contributed by atoms with Crippen molar-refractivity contribution < 1.29 is 19.7 Å². The minimum atomic E-state index is -0.793. The van der Waals surface area contributed by atoms with Crippen molar-refractivity contribution >= 4 is 5.97 Å². The van der Waals surface area contributed by atoms with Crippen LogP contribution in [0.4, 0.5) is 0 Å². The molecule has 0 bridgehead atoms. The second-order valence-corrected chi connectivity index (χ2v) is 2.97.